The summed E-state index contributed by atoms with van der Waals surface area (Å²) in [5.74, 6) is -0.881. The molecule has 2 amide bonds. The Kier molecular flexibility index (Phi) is 5.21. The number of nitrogens with one attached hydrogen (secondary N) is 1. The molecule has 0 aliphatic heterocycles. The molecule has 0 spiro atoms. The van der Waals surface area contributed by atoms with E-state index < -0.39 is 5.97 Å². The third-order valence-electron chi connectivity index (χ3n) is 2.60. The van der Waals surface area contributed by atoms with Gasteiger partial charge in [0.15, 0.2) is 0 Å². The molecule has 1 aliphatic rings. The smallest absolute Gasteiger partial charge is 0.317 e. The fourth-order valence-electron chi connectivity index (χ4n) is 1.64. The zero-order valence-corrected chi connectivity index (χ0v) is 10.3. The van der Waals surface area contributed by atoms with Gasteiger partial charge in [-0.15, -0.1) is 0 Å². The van der Waals surface area contributed by atoms with Crippen molar-refractivity contribution in [1.82, 2.24) is 10.2 Å². The summed E-state index contributed by atoms with van der Waals surface area (Å²) in [5, 5.41) is 11.4. The van der Waals surface area contributed by atoms with Crippen molar-refractivity contribution >= 4 is 12.0 Å². The molecule has 6 nitrogen and oxygen atoms in total. The van der Waals surface area contributed by atoms with Gasteiger partial charge in [-0.3, -0.25) is 4.79 Å². The molecule has 17 heavy (non-hydrogen) atoms. The SMILES string of the molecule is COCC(C)NC(=O)N(CCC(=O)O)C1CC1. The zero-order valence-electron chi connectivity index (χ0n) is 10.3. The zero-order chi connectivity index (χ0) is 12.8. The Morgan fingerprint density at radius 2 is 2.18 bits per heavy atom. The molecule has 0 aromatic heterocycles. The Bertz CT molecular complexity index is 279. The minimum Gasteiger partial charge on any atom is -0.481 e. The van der Waals surface area contributed by atoms with Crippen LogP contribution in [-0.2, 0) is 9.53 Å². The van der Waals surface area contributed by atoms with Crippen LogP contribution in [0.15, 0.2) is 0 Å². The molecule has 1 rings (SSSR count). The highest BCUT2D eigenvalue weighted by Crippen LogP contribution is 2.26. The molecule has 0 aromatic carbocycles. The quantitative estimate of drug-likeness (QED) is 0.690. The number of amides is 2. The molecule has 1 aliphatic carbocycles. The van der Waals surface area contributed by atoms with Crippen molar-refractivity contribution in [2.75, 3.05) is 20.3 Å². The van der Waals surface area contributed by atoms with E-state index in [4.69, 9.17) is 9.84 Å². The Balaban J connectivity index is 2.40. The highest BCUT2D eigenvalue weighted by Gasteiger charge is 2.33. The molecular weight excluding hydrogens is 224 g/mol. The lowest BCUT2D eigenvalue weighted by molar-refractivity contribution is -0.137. The van der Waals surface area contributed by atoms with Crippen molar-refractivity contribution in [3.8, 4) is 0 Å². The van der Waals surface area contributed by atoms with Crippen LogP contribution in [0.4, 0.5) is 4.79 Å². The van der Waals surface area contributed by atoms with Crippen LogP contribution in [0.3, 0.4) is 0 Å². The summed E-state index contributed by atoms with van der Waals surface area (Å²) in [7, 11) is 1.58. The van der Waals surface area contributed by atoms with E-state index in [1.807, 2.05) is 6.92 Å². The number of ether oxygens (including phenoxy) is 1. The minimum absolute atomic E-state index is 0.0113. The Hall–Kier alpha value is -1.30. The molecule has 0 aromatic rings. The number of carboxylic acids is 1. The first-order valence-electron chi connectivity index (χ1n) is 5.82. The molecule has 98 valence electrons. The monoisotopic (exact) mass is 244 g/mol. The van der Waals surface area contributed by atoms with E-state index in [2.05, 4.69) is 5.32 Å². The molecule has 1 atom stereocenters. The first-order chi connectivity index (χ1) is 8.04. The van der Waals surface area contributed by atoms with Gasteiger partial charge >= 0.3 is 12.0 Å². The molecule has 2 N–H and O–H groups in total. The van der Waals surface area contributed by atoms with Gasteiger partial charge in [-0.2, -0.15) is 0 Å². The number of methoxy groups -OCH3 is 1. The number of rotatable bonds is 7. The fourth-order valence-corrected chi connectivity index (χ4v) is 1.64. The molecule has 6 heteroatoms. The van der Waals surface area contributed by atoms with Gasteiger partial charge in [-0.25, -0.2) is 4.79 Å². The van der Waals surface area contributed by atoms with Crippen LogP contribution in [-0.4, -0.2) is 54.4 Å². The third-order valence-corrected chi connectivity index (χ3v) is 2.60. The van der Waals surface area contributed by atoms with Crippen LogP contribution in [0, 0.1) is 0 Å². The number of carbonyl (C=O) groups excluding carboxylic acids is 1. The van der Waals surface area contributed by atoms with Crippen LogP contribution in [0.5, 0.6) is 0 Å². The maximum atomic E-state index is 11.9. The van der Waals surface area contributed by atoms with Crippen molar-refractivity contribution in [3.63, 3.8) is 0 Å². The van der Waals surface area contributed by atoms with Crippen molar-refractivity contribution in [3.05, 3.63) is 0 Å². The lowest BCUT2D eigenvalue weighted by atomic mass is 10.3. The summed E-state index contributed by atoms with van der Waals surface area (Å²) in [4.78, 5) is 24.0. The average molecular weight is 244 g/mol. The topological polar surface area (TPSA) is 78.9 Å². The van der Waals surface area contributed by atoms with Crippen LogP contribution in [0.2, 0.25) is 0 Å². The van der Waals surface area contributed by atoms with Crippen molar-refractivity contribution in [1.29, 1.82) is 0 Å². The maximum absolute atomic E-state index is 11.9. The second-order valence-corrected chi connectivity index (χ2v) is 4.37. The van der Waals surface area contributed by atoms with Gasteiger partial charge in [0, 0.05) is 19.7 Å². The molecular formula is C11H20N2O4. The Labute approximate surface area is 101 Å². The van der Waals surface area contributed by atoms with Gasteiger partial charge < -0.3 is 20.1 Å². The number of hydrogen-bond donors (Lipinski definition) is 2. The summed E-state index contributed by atoms with van der Waals surface area (Å²) in [6.07, 6.45) is 1.92. The van der Waals surface area contributed by atoms with E-state index in [0.717, 1.165) is 12.8 Å². The Morgan fingerprint density at radius 1 is 1.53 bits per heavy atom. The summed E-state index contributed by atoms with van der Waals surface area (Å²) >= 11 is 0. The second-order valence-electron chi connectivity index (χ2n) is 4.37. The Morgan fingerprint density at radius 3 is 2.65 bits per heavy atom. The van der Waals surface area contributed by atoms with Gasteiger partial charge in [-0.1, -0.05) is 0 Å². The molecule has 1 unspecified atom stereocenters. The lowest BCUT2D eigenvalue weighted by Gasteiger charge is -2.24. The normalized spacial score (nSPS) is 16.4. The van der Waals surface area contributed by atoms with E-state index in [1.54, 1.807) is 12.0 Å². The molecule has 0 radical (unpaired) electrons. The summed E-state index contributed by atoms with van der Waals surface area (Å²) in [6, 6.07) is -0.0547. The van der Waals surface area contributed by atoms with Gasteiger partial charge in [0.25, 0.3) is 0 Å². The number of carbonyl (C=O) groups is 2. The fraction of sp³-hybridized carbons (Fsp3) is 0.818. The first kappa shape index (κ1) is 13.8. The highest BCUT2D eigenvalue weighted by atomic mass is 16.5. The van der Waals surface area contributed by atoms with Crippen molar-refractivity contribution in [2.24, 2.45) is 0 Å². The van der Waals surface area contributed by atoms with Crippen LogP contribution in [0.25, 0.3) is 0 Å². The number of aliphatic carboxylic acids is 1. The molecule has 1 saturated carbocycles. The second kappa shape index (κ2) is 6.44. The van der Waals surface area contributed by atoms with E-state index in [0.29, 0.717) is 6.61 Å². The van der Waals surface area contributed by atoms with Gasteiger partial charge in [-0.05, 0) is 19.8 Å². The summed E-state index contributed by atoms with van der Waals surface area (Å²) in [6.45, 7) is 2.57. The van der Waals surface area contributed by atoms with Gasteiger partial charge in [0.2, 0.25) is 0 Å². The van der Waals surface area contributed by atoms with Gasteiger partial charge in [0.05, 0.1) is 19.1 Å². The van der Waals surface area contributed by atoms with E-state index in [-0.39, 0.29) is 31.1 Å². The molecule has 1 fully saturated rings. The molecule has 0 bridgehead atoms. The predicted octanol–water partition coefficient (Wildman–Crippen LogP) is 0.670. The number of hydrogen-bond acceptors (Lipinski definition) is 3. The standard InChI is InChI=1S/C11H20N2O4/c1-8(7-17-2)12-11(16)13(9-3-4-9)6-5-10(14)15/h8-9H,3-7H2,1-2H3,(H,12,16)(H,14,15). The predicted molar refractivity (Wildman–Crippen MR) is 61.9 cm³/mol. The summed E-state index contributed by atoms with van der Waals surface area (Å²) < 4.78 is 4.93. The van der Waals surface area contributed by atoms with Gasteiger partial charge in [0.1, 0.15) is 0 Å². The number of urea groups is 1. The van der Waals surface area contributed by atoms with E-state index in [1.165, 1.54) is 0 Å². The van der Waals surface area contributed by atoms with Crippen molar-refractivity contribution in [2.45, 2.75) is 38.3 Å². The van der Waals surface area contributed by atoms with Crippen LogP contribution in [0.1, 0.15) is 26.2 Å². The van der Waals surface area contributed by atoms with Crippen LogP contribution < -0.4 is 5.32 Å². The highest BCUT2D eigenvalue weighted by molar-refractivity contribution is 5.76. The molecule has 0 saturated heterocycles. The number of nitrogens with zero attached hydrogens (tertiary/aromatic N) is 1. The summed E-state index contributed by atoms with van der Waals surface area (Å²) in [5.41, 5.74) is 0. The molecule has 0 heterocycles. The van der Waals surface area contributed by atoms with E-state index >= 15 is 0 Å². The van der Waals surface area contributed by atoms with Crippen LogP contribution >= 0.6 is 0 Å². The minimum atomic E-state index is -0.881. The van der Waals surface area contributed by atoms with Crippen molar-refractivity contribution < 1.29 is 19.4 Å². The third kappa shape index (κ3) is 5.04. The average Bonchev–Trinajstić information content (AvgIpc) is 3.01. The largest absolute Gasteiger partial charge is 0.481 e. The lowest BCUT2D eigenvalue weighted by Crippen LogP contribution is -2.46. The first-order valence-corrected chi connectivity index (χ1v) is 5.82. The van der Waals surface area contributed by atoms with E-state index in [9.17, 15) is 9.59 Å². The maximum Gasteiger partial charge on any atom is 0.317 e. The number of carboxylic acid groups (broad SMARTS) is 1.